The Kier molecular flexibility index (Phi) is 11.1. The Labute approximate surface area is 182 Å². The first kappa shape index (κ1) is 24.0. The van der Waals surface area contributed by atoms with E-state index in [-0.39, 0.29) is 12.1 Å². The van der Waals surface area contributed by atoms with Gasteiger partial charge in [-0.2, -0.15) is 0 Å². The van der Waals surface area contributed by atoms with E-state index in [1.807, 2.05) is 38.1 Å². The summed E-state index contributed by atoms with van der Waals surface area (Å²) in [4.78, 5) is 11.7. The standard InChI is InChI=1S/C27H38O3/c1-4-6-7-8-9-10-11-21-29-26-19-17-25(18-20-26)24-15-13-23(14-16-24)22(3)30-27(28)12-5-2/h13-20,22H,4-12,21H2,1-3H3. The number of carbonyl (C=O) groups is 1. The minimum Gasteiger partial charge on any atom is -0.494 e. The van der Waals surface area contributed by atoms with Crippen molar-refractivity contribution in [3.8, 4) is 16.9 Å². The molecule has 0 saturated carbocycles. The molecule has 0 aromatic heterocycles. The Morgan fingerprint density at radius 3 is 1.93 bits per heavy atom. The first-order chi connectivity index (χ1) is 14.6. The number of hydrogen-bond acceptors (Lipinski definition) is 3. The molecular weight excluding hydrogens is 372 g/mol. The van der Waals surface area contributed by atoms with Gasteiger partial charge in [0.25, 0.3) is 0 Å². The average molecular weight is 411 g/mol. The average Bonchev–Trinajstić information content (AvgIpc) is 2.76. The highest BCUT2D eigenvalue weighted by molar-refractivity contribution is 5.69. The van der Waals surface area contributed by atoms with Gasteiger partial charge in [-0.3, -0.25) is 4.79 Å². The largest absolute Gasteiger partial charge is 0.494 e. The first-order valence-corrected chi connectivity index (χ1v) is 11.7. The molecule has 0 amide bonds. The van der Waals surface area contributed by atoms with Crippen LogP contribution >= 0.6 is 0 Å². The molecule has 0 aliphatic rings. The zero-order valence-corrected chi connectivity index (χ0v) is 19.0. The molecule has 0 spiro atoms. The Hall–Kier alpha value is -2.29. The number of esters is 1. The van der Waals surface area contributed by atoms with Crippen molar-refractivity contribution in [1.82, 2.24) is 0 Å². The second-order valence-electron chi connectivity index (χ2n) is 8.00. The second kappa shape index (κ2) is 13.8. The molecule has 0 heterocycles. The van der Waals surface area contributed by atoms with Crippen LogP contribution in [0.1, 0.15) is 90.2 Å². The molecule has 0 radical (unpaired) electrons. The summed E-state index contributed by atoms with van der Waals surface area (Å²) in [5, 5.41) is 0. The van der Waals surface area contributed by atoms with Gasteiger partial charge >= 0.3 is 5.97 Å². The number of rotatable bonds is 14. The normalized spacial score (nSPS) is 11.8. The van der Waals surface area contributed by atoms with E-state index >= 15 is 0 Å². The number of benzene rings is 2. The van der Waals surface area contributed by atoms with Crippen LogP contribution in [-0.2, 0) is 9.53 Å². The quantitative estimate of drug-likeness (QED) is 0.235. The Morgan fingerprint density at radius 2 is 1.33 bits per heavy atom. The highest BCUT2D eigenvalue weighted by Gasteiger charge is 2.11. The van der Waals surface area contributed by atoms with Gasteiger partial charge in [-0.15, -0.1) is 0 Å². The van der Waals surface area contributed by atoms with Crippen molar-refractivity contribution >= 4 is 5.97 Å². The third kappa shape index (κ3) is 8.61. The van der Waals surface area contributed by atoms with Gasteiger partial charge in [0.15, 0.2) is 0 Å². The van der Waals surface area contributed by atoms with Gasteiger partial charge < -0.3 is 9.47 Å². The Bertz CT molecular complexity index is 719. The molecule has 2 aromatic rings. The molecule has 0 N–H and O–H groups in total. The summed E-state index contributed by atoms with van der Waals surface area (Å²) < 4.78 is 11.3. The van der Waals surface area contributed by atoms with Gasteiger partial charge in [0, 0.05) is 6.42 Å². The summed E-state index contributed by atoms with van der Waals surface area (Å²) >= 11 is 0. The molecule has 0 saturated heterocycles. The maximum absolute atomic E-state index is 11.7. The zero-order chi connectivity index (χ0) is 21.6. The monoisotopic (exact) mass is 410 g/mol. The van der Waals surface area contributed by atoms with Crippen LogP contribution < -0.4 is 4.74 Å². The van der Waals surface area contributed by atoms with Crippen molar-refractivity contribution in [2.75, 3.05) is 6.61 Å². The summed E-state index contributed by atoms with van der Waals surface area (Å²) in [5.41, 5.74) is 3.31. The minimum atomic E-state index is -0.222. The maximum atomic E-state index is 11.7. The summed E-state index contributed by atoms with van der Waals surface area (Å²) in [5.74, 6) is 0.791. The lowest BCUT2D eigenvalue weighted by molar-refractivity contribution is -0.148. The highest BCUT2D eigenvalue weighted by Crippen LogP contribution is 2.25. The predicted molar refractivity (Wildman–Crippen MR) is 125 cm³/mol. The molecule has 0 aliphatic heterocycles. The Balaban J connectivity index is 1.77. The molecule has 0 bridgehead atoms. The third-order valence-electron chi connectivity index (χ3n) is 5.35. The number of hydrogen-bond donors (Lipinski definition) is 0. The molecule has 30 heavy (non-hydrogen) atoms. The zero-order valence-electron chi connectivity index (χ0n) is 19.0. The number of carbonyl (C=O) groups excluding carboxylic acids is 1. The smallest absolute Gasteiger partial charge is 0.306 e. The summed E-state index contributed by atoms with van der Waals surface area (Å²) in [6.45, 7) is 6.94. The number of ether oxygens (including phenoxy) is 2. The molecule has 0 aliphatic carbocycles. The van der Waals surface area contributed by atoms with E-state index in [0.717, 1.165) is 41.9 Å². The molecule has 2 aromatic carbocycles. The van der Waals surface area contributed by atoms with Crippen molar-refractivity contribution in [2.24, 2.45) is 0 Å². The van der Waals surface area contributed by atoms with E-state index < -0.39 is 0 Å². The molecule has 0 fully saturated rings. The van der Waals surface area contributed by atoms with Crippen LogP contribution in [0.5, 0.6) is 5.75 Å². The van der Waals surface area contributed by atoms with Gasteiger partial charge in [-0.05, 0) is 48.6 Å². The molecular formula is C27H38O3. The van der Waals surface area contributed by atoms with Crippen LogP contribution in [0.15, 0.2) is 48.5 Å². The van der Waals surface area contributed by atoms with Crippen LogP contribution in [0.2, 0.25) is 0 Å². The fraction of sp³-hybridized carbons (Fsp3) is 0.519. The van der Waals surface area contributed by atoms with Crippen LogP contribution in [-0.4, -0.2) is 12.6 Å². The molecule has 2 rings (SSSR count). The van der Waals surface area contributed by atoms with Gasteiger partial charge in [0.05, 0.1) is 6.61 Å². The van der Waals surface area contributed by atoms with Crippen LogP contribution in [0, 0.1) is 0 Å². The lowest BCUT2D eigenvalue weighted by Crippen LogP contribution is -2.08. The summed E-state index contributed by atoms with van der Waals surface area (Å²) in [6, 6.07) is 16.5. The topological polar surface area (TPSA) is 35.5 Å². The van der Waals surface area contributed by atoms with Crippen molar-refractivity contribution in [1.29, 1.82) is 0 Å². The van der Waals surface area contributed by atoms with E-state index in [1.165, 1.54) is 38.5 Å². The predicted octanol–water partition coefficient (Wildman–Crippen LogP) is 7.89. The van der Waals surface area contributed by atoms with E-state index in [0.29, 0.717) is 6.42 Å². The van der Waals surface area contributed by atoms with E-state index in [9.17, 15) is 4.79 Å². The van der Waals surface area contributed by atoms with Crippen LogP contribution in [0.3, 0.4) is 0 Å². The summed E-state index contributed by atoms with van der Waals surface area (Å²) in [7, 11) is 0. The molecule has 1 atom stereocenters. The SMILES string of the molecule is CCCCCCCCCOc1ccc(-c2ccc(C(C)OC(=O)CCC)cc2)cc1. The minimum absolute atomic E-state index is 0.138. The Morgan fingerprint density at radius 1 is 0.767 bits per heavy atom. The lowest BCUT2D eigenvalue weighted by atomic mass is 10.0. The van der Waals surface area contributed by atoms with Crippen LogP contribution in [0.4, 0.5) is 0 Å². The van der Waals surface area contributed by atoms with Crippen molar-refractivity contribution in [2.45, 2.75) is 84.7 Å². The van der Waals surface area contributed by atoms with Crippen molar-refractivity contribution < 1.29 is 14.3 Å². The fourth-order valence-electron chi connectivity index (χ4n) is 3.47. The van der Waals surface area contributed by atoms with Crippen molar-refractivity contribution in [3.05, 3.63) is 54.1 Å². The molecule has 1 unspecified atom stereocenters. The van der Waals surface area contributed by atoms with E-state index in [4.69, 9.17) is 9.47 Å². The second-order valence-corrected chi connectivity index (χ2v) is 8.00. The van der Waals surface area contributed by atoms with E-state index in [1.54, 1.807) is 0 Å². The van der Waals surface area contributed by atoms with Gasteiger partial charge in [-0.25, -0.2) is 0 Å². The van der Waals surface area contributed by atoms with E-state index in [2.05, 4.69) is 31.2 Å². The van der Waals surface area contributed by atoms with Gasteiger partial charge in [0.1, 0.15) is 11.9 Å². The first-order valence-electron chi connectivity index (χ1n) is 11.7. The van der Waals surface area contributed by atoms with Gasteiger partial charge in [0.2, 0.25) is 0 Å². The van der Waals surface area contributed by atoms with Crippen molar-refractivity contribution in [3.63, 3.8) is 0 Å². The molecule has 164 valence electrons. The highest BCUT2D eigenvalue weighted by atomic mass is 16.5. The lowest BCUT2D eigenvalue weighted by Gasteiger charge is -2.14. The van der Waals surface area contributed by atoms with Crippen LogP contribution in [0.25, 0.3) is 11.1 Å². The van der Waals surface area contributed by atoms with Gasteiger partial charge in [-0.1, -0.05) is 88.8 Å². The number of unbranched alkanes of at least 4 members (excludes halogenated alkanes) is 6. The summed E-state index contributed by atoms with van der Waals surface area (Å²) in [6.07, 6.45) is 10.1. The maximum Gasteiger partial charge on any atom is 0.306 e. The molecule has 3 heteroatoms. The fourth-order valence-corrected chi connectivity index (χ4v) is 3.47. The third-order valence-corrected chi connectivity index (χ3v) is 5.35. The molecule has 3 nitrogen and oxygen atoms in total.